The number of hydrogen-bond acceptors (Lipinski definition) is 12. The highest BCUT2D eigenvalue weighted by molar-refractivity contribution is 5.87. The summed E-state index contributed by atoms with van der Waals surface area (Å²) >= 11 is 0. The Bertz CT molecular complexity index is 1310. The van der Waals surface area contributed by atoms with Crippen molar-refractivity contribution in [3.63, 3.8) is 0 Å². The van der Waals surface area contributed by atoms with Crippen molar-refractivity contribution < 1.29 is 67.5 Å². The van der Waals surface area contributed by atoms with Gasteiger partial charge >= 0.3 is 11.9 Å². The Labute approximate surface area is 328 Å². The highest BCUT2D eigenvalue weighted by atomic mass is 16.5. The molecule has 316 valence electrons. The molecule has 18 heteroatoms. The number of amides is 4. The van der Waals surface area contributed by atoms with Gasteiger partial charge in [-0.15, -0.1) is 0 Å². The number of benzene rings is 1. The number of carboxylic acids is 2. The molecule has 0 spiro atoms. The van der Waals surface area contributed by atoms with E-state index in [1.807, 2.05) is 0 Å². The highest BCUT2D eigenvalue weighted by Crippen LogP contribution is 2.14. The summed E-state index contributed by atoms with van der Waals surface area (Å²) in [5, 5.41) is 28.6. The zero-order valence-corrected chi connectivity index (χ0v) is 32.4. The molecule has 1 atom stereocenters. The van der Waals surface area contributed by atoms with Crippen LogP contribution in [0.25, 0.3) is 0 Å². The monoisotopic (exact) mass is 796 g/mol. The minimum Gasteiger partial charge on any atom is -0.494 e. The average Bonchev–Trinajstić information content (AvgIpc) is 3.16. The van der Waals surface area contributed by atoms with Crippen LogP contribution in [-0.4, -0.2) is 137 Å². The topological polar surface area (TPSA) is 254 Å². The number of carboxylic acid groups (broad SMARTS) is 2. The number of nitrogens with one attached hydrogen (secondary N) is 4. The van der Waals surface area contributed by atoms with E-state index in [4.69, 9.17) is 28.8 Å². The fourth-order valence-electron chi connectivity index (χ4n) is 4.84. The largest absolute Gasteiger partial charge is 0.494 e. The van der Waals surface area contributed by atoms with Crippen molar-refractivity contribution in [3.05, 3.63) is 29.8 Å². The first kappa shape index (κ1) is 49.4. The van der Waals surface area contributed by atoms with Crippen LogP contribution >= 0.6 is 0 Å². The molecule has 0 aliphatic carbocycles. The van der Waals surface area contributed by atoms with Crippen LogP contribution in [0.2, 0.25) is 0 Å². The molecule has 0 bridgehead atoms. The molecule has 1 rings (SSSR count). The van der Waals surface area contributed by atoms with Gasteiger partial charge in [0.2, 0.25) is 23.6 Å². The maximum absolute atomic E-state index is 12.3. The molecular weight excluding hydrogens is 736 g/mol. The van der Waals surface area contributed by atoms with Crippen molar-refractivity contribution in [2.75, 3.05) is 79.1 Å². The van der Waals surface area contributed by atoms with Gasteiger partial charge in [-0.05, 0) is 50.5 Å². The van der Waals surface area contributed by atoms with Gasteiger partial charge in [-0.2, -0.15) is 0 Å². The summed E-state index contributed by atoms with van der Waals surface area (Å²) in [6.07, 6.45) is 7.67. The predicted molar refractivity (Wildman–Crippen MR) is 202 cm³/mol. The van der Waals surface area contributed by atoms with Crippen molar-refractivity contribution >= 4 is 41.4 Å². The first-order valence-corrected chi connectivity index (χ1v) is 19.1. The van der Waals surface area contributed by atoms with Crippen molar-refractivity contribution in [2.24, 2.45) is 0 Å². The minimum atomic E-state index is -1.20. The fraction of sp³-hybridized carbons (Fsp3) is 0.658. The number of carbonyl (C=O) groups excluding carboxylic acids is 5. The van der Waals surface area contributed by atoms with E-state index in [1.165, 1.54) is 19.1 Å². The van der Waals surface area contributed by atoms with E-state index < -0.39 is 23.9 Å². The molecule has 0 radical (unpaired) electrons. The van der Waals surface area contributed by atoms with Crippen LogP contribution in [0.5, 0.6) is 5.75 Å². The molecule has 4 amide bonds. The summed E-state index contributed by atoms with van der Waals surface area (Å²) in [6.45, 7) is 3.20. The lowest BCUT2D eigenvalue weighted by molar-refractivity contribution is -0.142. The van der Waals surface area contributed by atoms with Gasteiger partial charge in [0.15, 0.2) is 0 Å². The molecule has 1 aromatic carbocycles. The van der Waals surface area contributed by atoms with Gasteiger partial charge in [-0.3, -0.25) is 24.0 Å². The van der Waals surface area contributed by atoms with Crippen LogP contribution in [-0.2, 0) is 47.7 Å². The van der Waals surface area contributed by atoms with Crippen LogP contribution in [0, 0.1) is 0 Å². The van der Waals surface area contributed by atoms with E-state index in [0.29, 0.717) is 18.8 Å². The second-order valence-electron chi connectivity index (χ2n) is 12.8. The third-order valence-electron chi connectivity index (χ3n) is 7.84. The number of rotatable bonds is 36. The molecule has 0 heterocycles. The highest BCUT2D eigenvalue weighted by Gasteiger charge is 2.20. The smallest absolute Gasteiger partial charge is 0.335 e. The number of ketones is 1. The van der Waals surface area contributed by atoms with Gasteiger partial charge in [0.1, 0.15) is 30.8 Å². The molecule has 0 fully saturated rings. The summed E-state index contributed by atoms with van der Waals surface area (Å²) in [6, 6.07) is 5.17. The quantitative estimate of drug-likeness (QED) is 0.0528. The maximum atomic E-state index is 12.3. The summed E-state index contributed by atoms with van der Waals surface area (Å²) in [4.78, 5) is 81.0. The SMILES string of the molecule is CC(=O)CNC(=O)COCCOCCNC(=O)COCCOCCNC(=O)CC[C@H](NC(=O)CCCCCCCCCCOc1ccc(C(=O)O)cc1)C(=O)O. The fourth-order valence-corrected chi connectivity index (χ4v) is 4.84. The predicted octanol–water partition coefficient (Wildman–Crippen LogP) is 1.63. The second kappa shape index (κ2) is 32.6. The van der Waals surface area contributed by atoms with Crippen LogP contribution in [0.4, 0.5) is 0 Å². The number of ether oxygens (including phenoxy) is 5. The molecule has 0 saturated carbocycles. The number of hydrogen-bond donors (Lipinski definition) is 6. The van der Waals surface area contributed by atoms with Gasteiger partial charge in [-0.25, -0.2) is 9.59 Å². The standard InChI is InChI=1S/C38H60N4O14/c1-29(43)26-41-36(47)28-55-25-23-53-21-18-40-35(46)27-54-24-22-52-20-17-39-33(44)16-15-32(38(50)51)42-34(45)10-8-6-4-2-3-5-7-9-19-56-31-13-11-30(12-14-31)37(48)49/h11-14,32H,2-10,15-28H2,1H3,(H,39,44)(H,40,46)(H,41,47)(H,42,45)(H,48,49)(H,50,51)/t32-/m0/s1. The normalized spacial score (nSPS) is 11.3. The minimum absolute atomic E-state index is 0.0378. The Hall–Kier alpha value is -4.65. The van der Waals surface area contributed by atoms with Crippen molar-refractivity contribution in [3.8, 4) is 5.75 Å². The Balaban J connectivity index is 1.95. The third-order valence-corrected chi connectivity index (χ3v) is 7.84. The van der Waals surface area contributed by atoms with Crippen LogP contribution in [0.1, 0.15) is 87.9 Å². The van der Waals surface area contributed by atoms with E-state index in [1.54, 1.807) is 12.1 Å². The summed E-state index contributed by atoms with van der Waals surface area (Å²) in [5.41, 5.74) is 0.222. The molecule has 56 heavy (non-hydrogen) atoms. The molecule has 0 aliphatic rings. The van der Waals surface area contributed by atoms with Gasteiger partial charge < -0.3 is 55.2 Å². The van der Waals surface area contributed by atoms with Crippen LogP contribution in [0.3, 0.4) is 0 Å². The van der Waals surface area contributed by atoms with Crippen LogP contribution in [0.15, 0.2) is 24.3 Å². The van der Waals surface area contributed by atoms with E-state index in [0.717, 1.165) is 44.9 Å². The van der Waals surface area contributed by atoms with Gasteiger partial charge in [0, 0.05) is 25.9 Å². The second-order valence-corrected chi connectivity index (χ2v) is 12.8. The molecule has 0 aromatic heterocycles. The zero-order chi connectivity index (χ0) is 41.2. The first-order chi connectivity index (χ1) is 27.0. The molecule has 0 aliphatic heterocycles. The molecular formula is C38H60N4O14. The number of aromatic carboxylic acids is 1. The number of carbonyl (C=O) groups is 7. The summed E-state index contributed by atoms with van der Waals surface area (Å²) in [7, 11) is 0. The van der Waals surface area contributed by atoms with Crippen molar-refractivity contribution in [2.45, 2.75) is 83.6 Å². The van der Waals surface area contributed by atoms with E-state index in [9.17, 15) is 38.7 Å². The van der Waals surface area contributed by atoms with Crippen LogP contribution < -0.4 is 26.0 Å². The van der Waals surface area contributed by atoms with Gasteiger partial charge in [0.05, 0.1) is 58.4 Å². The Morgan fingerprint density at radius 3 is 1.64 bits per heavy atom. The van der Waals surface area contributed by atoms with E-state index in [2.05, 4.69) is 21.3 Å². The lowest BCUT2D eigenvalue weighted by atomic mass is 10.1. The van der Waals surface area contributed by atoms with E-state index >= 15 is 0 Å². The number of aliphatic carboxylic acids is 1. The summed E-state index contributed by atoms with van der Waals surface area (Å²) < 4.78 is 26.7. The number of Topliss-reactive ketones (excluding diaryl/α,β-unsaturated/α-hetero) is 1. The molecule has 0 saturated heterocycles. The first-order valence-electron chi connectivity index (χ1n) is 19.1. The molecule has 0 unspecified atom stereocenters. The van der Waals surface area contributed by atoms with Gasteiger partial charge in [-0.1, -0.05) is 38.5 Å². The summed E-state index contributed by atoms with van der Waals surface area (Å²) in [5.74, 6) is -3.13. The zero-order valence-electron chi connectivity index (χ0n) is 32.4. The molecule has 1 aromatic rings. The Morgan fingerprint density at radius 1 is 0.571 bits per heavy atom. The lowest BCUT2D eigenvalue weighted by Crippen LogP contribution is -2.41. The van der Waals surface area contributed by atoms with Gasteiger partial charge in [0.25, 0.3) is 0 Å². The average molecular weight is 797 g/mol. The van der Waals surface area contributed by atoms with E-state index in [-0.39, 0.29) is 121 Å². The lowest BCUT2D eigenvalue weighted by Gasteiger charge is -2.14. The molecule has 6 N–H and O–H groups in total. The molecule has 18 nitrogen and oxygen atoms in total. The van der Waals surface area contributed by atoms with Crippen molar-refractivity contribution in [1.29, 1.82) is 0 Å². The third kappa shape index (κ3) is 28.7. The van der Waals surface area contributed by atoms with Crippen molar-refractivity contribution in [1.82, 2.24) is 21.3 Å². The Morgan fingerprint density at radius 2 is 1.09 bits per heavy atom. The maximum Gasteiger partial charge on any atom is 0.335 e. The number of unbranched alkanes of at least 4 members (excludes halogenated alkanes) is 7. The Kier molecular flexibility index (Phi) is 28.7.